The van der Waals surface area contributed by atoms with Gasteiger partial charge in [0, 0.05) is 31.6 Å². The second-order valence-corrected chi connectivity index (χ2v) is 5.55. The highest BCUT2D eigenvalue weighted by molar-refractivity contribution is 9.10. The highest BCUT2D eigenvalue weighted by Crippen LogP contribution is 2.31. The Morgan fingerprint density at radius 2 is 2.00 bits per heavy atom. The molecule has 1 aliphatic carbocycles. The van der Waals surface area contributed by atoms with E-state index in [-0.39, 0.29) is 0 Å². The SMILES string of the molecule is COc1ccc(N(C)C2CCC(=O)CC2)cc1Br. The van der Waals surface area contributed by atoms with Crippen LogP contribution >= 0.6 is 15.9 Å². The molecule has 1 aromatic rings. The quantitative estimate of drug-likeness (QED) is 0.856. The monoisotopic (exact) mass is 311 g/mol. The number of ketones is 1. The predicted octanol–water partition coefficient (Wildman–Crippen LogP) is 3.41. The van der Waals surface area contributed by atoms with Crippen molar-refractivity contribution in [2.45, 2.75) is 31.7 Å². The van der Waals surface area contributed by atoms with E-state index >= 15 is 0 Å². The van der Waals surface area contributed by atoms with Gasteiger partial charge in [-0.25, -0.2) is 0 Å². The lowest BCUT2D eigenvalue weighted by Crippen LogP contribution is -2.35. The molecule has 1 fully saturated rings. The Labute approximate surface area is 116 Å². The van der Waals surface area contributed by atoms with Gasteiger partial charge in [-0.15, -0.1) is 0 Å². The van der Waals surface area contributed by atoms with Gasteiger partial charge in [-0.2, -0.15) is 0 Å². The Hall–Kier alpha value is -1.03. The molecule has 0 heterocycles. The van der Waals surface area contributed by atoms with Crippen LogP contribution in [0.5, 0.6) is 5.75 Å². The molecular weight excluding hydrogens is 294 g/mol. The molecule has 1 aromatic carbocycles. The Morgan fingerprint density at radius 3 is 2.56 bits per heavy atom. The van der Waals surface area contributed by atoms with E-state index < -0.39 is 0 Å². The maximum Gasteiger partial charge on any atom is 0.133 e. The number of benzene rings is 1. The summed E-state index contributed by atoms with van der Waals surface area (Å²) in [5.41, 5.74) is 1.15. The highest BCUT2D eigenvalue weighted by atomic mass is 79.9. The zero-order valence-corrected chi connectivity index (χ0v) is 12.4. The molecule has 3 nitrogen and oxygen atoms in total. The third kappa shape index (κ3) is 2.86. The van der Waals surface area contributed by atoms with Crippen molar-refractivity contribution in [1.82, 2.24) is 0 Å². The molecule has 0 amide bonds. The second-order valence-electron chi connectivity index (χ2n) is 4.70. The maximum absolute atomic E-state index is 11.3. The van der Waals surface area contributed by atoms with Gasteiger partial charge in [-0.05, 0) is 47.0 Å². The molecule has 0 unspecified atom stereocenters. The summed E-state index contributed by atoms with van der Waals surface area (Å²) in [5.74, 6) is 1.24. The van der Waals surface area contributed by atoms with Crippen LogP contribution in [0.4, 0.5) is 5.69 Å². The number of hydrogen-bond donors (Lipinski definition) is 0. The second kappa shape index (κ2) is 5.74. The van der Waals surface area contributed by atoms with Crippen molar-refractivity contribution in [2.24, 2.45) is 0 Å². The molecule has 0 N–H and O–H groups in total. The normalized spacial score (nSPS) is 16.7. The van der Waals surface area contributed by atoms with Gasteiger partial charge in [-0.1, -0.05) is 0 Å². The van der Waals surface area contributed by atoms with E-state index in [1.165, 1.54) is 0 Å². The Balaban J connectivity index is 2.11. The minimum Gasteiger partial charge on any atom is -0.496 e. The Kier molecular flexibility index (Phi) is 4.27. The van der Waals surface area contributed by atoms with E-state index in [4.69, 9.17) is 4.74 Å². The number of halogens is 1. The third-order valence-electron chi connectivity index (χ3n) is 3.60. The summed E-state index contributed by atoms with van der Waals surface area (Å²) in [7, 11) is 3.75. The average Bonchev–Trinajstić information content (AvgIpc) is 2.38. The topological polar surface area (TPSA) is 29.5 Å². The zero-order chi connectivity index (χ0) is 13.1. The molecule has 0 aromatic heterocycles. The number of carbonyl (C=O) groups is 1. The van der Waals surface area contributed by atoms with Gasteiger partial charge < -0.3 is 9.64 Å². The lowest BCUT2D eigenvalue weighted by molar-refractivity contribution is -0.120. The van der Waals surface area contributed by atoms with Gasteiger partial charge in [0.1, 0.15) is 11.5 Å². The summed E-state index contributed by atoms with van der Waals surface area (Å²) < 4.78 is 6.19. The first-order valence-corrected chi connectivity index (χ1v) is 6.99. The average molecular weight is 312 g/mol. The van der Waals surface area contributed by atoms with Gasteiger partial charge >= 0.3 is 0 Å². The molecule has 0 radical (unpaired) electrons. The molecule has 0 saturated heterocycles. The van der Waals surface area contributed by atoms with Crippen molar-refractivity contribution in [3.05, 3.63) is 22.7 Å². The van der Waals surface area contributed by atoms with E-state index in [2.05, 4.69) is 40.0 Å². The minimum atomic E-state index is 0.399. The van der Waals surface area contributed by atoms with E-state index in [9.17, 15) is 4.79 Å². The smallest absolute Gasteiger partial charge is 0.133 e. The van der Waals surface area contributed by atoms with Crippen LogP contribution in [0.2, 0.25) is 0 Å². The molecular formula is C14H18BrNO2. The van der Waals surface area contributed by atoms with Crippen LogP contribution in [0.15, 0.2) is 22.7 Å². The van der Waals surface area contributed by atoms with Crippen LogP contribution in [0, 0.1) is 0 Å². The number of carbonyl (C=O) groups excluding carboxylic acids is 1. The van der Waals surface area contributed by atoms with Gasteiger partial charge in [0.05, 0.1) is 11.6 Å². The predicted molar refractivity (Wildman–Crippen MR) is 76.4 cm³/mol. The number of hydrogen-bond acceptors (Lipinski definition) is 3. The van der Waals surface area contributed by atoms with Crippen molar-refractivity contribution < 1.29 is 9.53 Å². The number of anilines is 1. The lowest BCUT2D eigenvalue weighted by Gasteiger charge is -2.32. The summed E-state index contributed by atoms with van der Waals surface area (Å²) in [6.07, 6.45) is 3.34. The number of methoxy groups -OCH3 is 1. The van der Waals surface area contributed by atoms with E-state index in [0.717, 1.165) is 28.8 Å². The van der Waals surface area contributed by atoms with Gasteiger partial charge in [0.25, 0.3) is 0 Å². The summed E-state index contributed by atoms with van der Waals surface area (Å²) in [6.45, 7) is 0. The van der Waals surface area contributed by atoms with Crippen molar-refractivity contribution in [1.29, 1.82) is 0 Å². The van der Waals surface area contributed by atoms with Crippen LogP contribution in [0.1, 0.15) is 25.7 Å². The van der Waals surface area contributed by atoms with Crippen molar-refractivity contribution in [3.8, 4) is 5.75 Å². The molecule has 1 aliphatic rings. The molecule has 0 spiro atoms. The van der Waals surface area contributed by atoms with Crippen LogP contribution in [0.3, 0.4) is 0 Å². The molecule has 0 aliphatic heterocycles. The van der Waals surface area contributed by atoms with E-state index in [1.54, 1.807) is 7.11 Å². The lowest BCUT2D eigenvalue weighted by atomic mass is 9.93. The number of rotatable bonds is 3. The first kappa shape index (κ1) is 13.4. The van der Waals surface area contributed by atoms with E-state index in [1.807, 2.05) is 6.07 Å². The summed E-state index contributed by atoms with van der Waals surface area (Å²) in [5, 5.41) is 0. The fraction of sp³-hybridized carbons (Fsp3) is 0.500. The Morgan fingerprint density at radius 1 is 1.33 bits per heavy atom. The minimum absolute atomic E-state index is 0.399. The van der Waals surface area contributed by atoms with Crippen LogP contribution in [0.25, 0.3) is 0 Å². The van der Waals surface area contributed by atoms with Crippen molar-refractivity contribution >= 4 is 27.4 Å². The zero-order valence-electron chi connectivity index (χ0n) is 10.8. The van der Waals surface area contributed by atoms with Crippen LogP contribution in [-0.2, 0) is 4.79 Å². The molecule has 1 saturated carbocycles. The van der Waals surface area contributed by atoms with Crippen molar-refractivity contribution in [2.75, 3.05) is 19.1 Å². The molecule has 98 valence electrons. The van der Waals surface area contributed by atoms with Gasteiger partial charge in [-0.3, -0.25) is 4.79 Å². The van der Waals surface area contributed by atoms with Gasteiger partial charge in [0.15, 0.2) is 0 Å². The molecule has 0 atom stereocenters. The molecule has 18 heavy (non-hydrogen) atoms. The third-order valence-corrected chi connectivity index (χ3v) is 4.22. The number of nitrogens with zero attached hydrogens (tertiary/aromatic N) is 1. The first-order valence-electron chi connectivity index (χ1n) is 6.20. The number of Topliss-reactive ketones (excluding diaryl/α,β-unsaturated/α-hetero) is 1. The Bertz CT molecular complexity index is 437. The standard InChI is InChI=1S/C14H18BrNO2/c1-16(10-3-6-12(17)7-4-10)11-5-8-14(18-2)13(15)9-11/h5,8-10H,3-4,6-7H2,1-2H3. The largest absolute Gasteiger partial charge is 0.496 e. The fourth-order valence-corrected chi connectivity index (χ4v) is 2.93. The number of ether oxygens (including phenoxy) is 1. The summed E-state index contributed by atoms with van der Waals surface area (Å²) >= 11 is 3.50. The highest BCUT2D eigenvalue weighted by Gasteiger charge is 2.22. The first-order chi connectivity index (χ1) is 8.61. The van der Waals surface area contributed by atoms with Crippen LogP contribution in [-0.4, -0.2) is 26.0 Å². The van der Waals surface area contributed by atoms with Gasteiger partial charge in [0.2, 0.25) is 0 Å². The molecule has 0 bridgehead atoms. The van der Waals surface area contributed by atoms with Crippen molar-refractivity contribution in [3.63, 3.8) is 0 Å². The van der Waals surface area contributed by atoms with E-state index in [0.29, 0.717) is 24.7 Å². The molecule has 4 heteroatoms. The fourth-order valence-electron chi connectivity index (χ4n) is 2.40. The molecule has 2 rings (SSSR count). The summed E-state index contributed by atoms with van der Waals surface area (Å²) in [6, 6.07) is 6.54. The maximum atomic E-state index is 11.3. The summed E-state index contributed by atoms with van der Waals surface area (Å²) in [4.78, 5) is 13.5. The van der Waals surface area contributed by atoms with Crippen LogP contribution < -0.4 is 9.64 Å².